The highest BCUT2D eigenvalue weighted by Crippen LogP contribution is 2.38. The molecule has 1 aromatic carbocycles. The predicted molar refractivity (Wildman–Crippen MR) is 60.3 cm³/mol. The Balaban J connectivity index is 2.56. The van der Waals surface area contributed by atoms with Gasteiger partial charge in [0.1, 0.15) is 0 Å². The van der Waals surface area contributed by atoms with Crippen molar-refractivity contribution >= 4 is 23.4 Å². The van der Waals surface area contributed by atoms with Crippen LogP contribution in [-0.4, -0.2) is 12.0 Å². The van der Waals surface area contributed by atoms with Gasteiger partial charge in [-0.25, -0.2) is 4.79 Å². The average molecular weight is 216 g/mol. The Kier molecular flexibility index (Phi) is 2.37. The summed E-state index contributed by atoms with van der Waals surface area (Å²) in [7, 11) is 0. The number of aliphatic imine (C=N–C) groups is 1. The summed E-state index contributed by atoms with van der Waals surface area (Å²) < 4.78 is 0. The van der Waals surface area contributed by atoms with Crippen molar-refractivity contribution < 1.29 is 9.59 Å². The molecule has 4 heteroatoms. The lowest BCUT2D eigenvalue weighted by Gasteiger charge is -2.30. The molecule has 82 valence electrons. The van der Waals surface area contributed by atoms with Crippen LogP contribution in [-0.2, 0) is 16.0 Å². The highest BCUT2D eigenvalue weighted by Gasteiger charge is 2.34. The Hall–Kier alpha value is -1.93. The van der Waals surface area contributed by atoms with Crippen LogP contribution in [0.25, 0.3) is 0 Å². The Morgan fingerprint density at radius 1 is 1.44 bits per heavy atom. The van der Waals surface area contributed by atoms with Crippen LogP contribution in [0.1, 0.15) is 19.4 Å². The van der Waals surface area contributed by atoms with Gasteiger partial charge in [0.15, 0.2) is 0 Å². The van der Waals surface area contributed by atoms with E-state index in [1.165, 1.54) is 6.08 Å². The van der Waals surface area contributed by atoms with Gasteiger partial charge in [0.05, 0.1) is 5.69 Å². The minimum absolute atomic E-state index is 0.00719. The summed E-state index contributed by atoms with van der Waals surface area (Å²) in [5.74, 6) is -0.00719. The molecule has 1 heterocycles. The minimum atomic E-state index is -0.471. The lowest BCUT2D eigenvalue weighted by molar-refractivity contribution is -0.124. The zero-order valence-electron chi connectivity index (χ0n) is 9.20. The molecular weight excluding hydrogens is 204 g/mol. The first-order chi connectivity index (χ1) is 7.54. The van der Waals surface area contributed by atoms with Gasteiger partial charge in [-0.3, -0.25) is 4.79 Å². The molecule has 1 N–H and O–H groups in total. The number of hydrogen-bond donors (Lipinski definition) is 1. The van der Waals surface area contributed by atoms with Crippen LogP contribution in [0.15, 0.2) is 23.2 Å². The summed E-state index contributed by atoms with van der Waals surface area (Å²) in [4.78, 5) is 25.7. The summed E-state index contributed by atoms with van der Waals surface area (Å²) in [6, 6.07) is 5.32. The van der Waals surface area contributed by atoms with Crippen LogP contribution in [0.3, 0.4) is 0 Å². The normalized spacial score (nSPS) is 17.0. The third-order valence-electron chi connectivity index (χ3n) is 2.80. The quantitative estimate of drug-likeness (QED) is 0.577. The Bertz CT molecular complexity index is 500. The molecule has 0 atom stereocenters. The van der Waals surface area contributed by atoms with E-state index in [1.54, 1.807) is 12.1 Å². The molecule has 4 nitrogen and oxygen atoms in total. The van der Waals surface area contributed by atoms with Crippen molar-refractivity contribution in [3.63, 3.8) is 0 Å². The monoisotopic (exact) mass is 216 g/mol. The standard InChI is InChI=1S/C12H12N2O2/c1-12(2)6-8-9(13-7-15)4-3-5-10(8)14-11(12)16/h3-5H,6H2,1-2H3,(H,14,16). The van der Waals surface area contributed by atoms with Crippen LogP contribution < -0.4 is 5.32 Å². The fourth-order valence-electron chi connectivity index (χ4n) is 1.85. The second-order valence-corrected chi connectivity index (χ2v) is 4.52. The van der Waals surface area contributed by atoms with E-state index in [9.17, 15) is 9.59 Å². The topological polar surface area (TPSA) is 58.5 Å². The number of rotatable bonds is 1. The fourth-order valence-corrected chi connectivity index (χ4v) is 1.85. The molecule has 0 saturated heterocycles. The molecule has 2 rings (SSSR count). The molecule has 0 bridgehead atoms. The maximum absolute atomic E-state index is 11.7. The second kappa shape index (κ2) is 3.58. The van der Waals surface area contributed by atoms with Crippen LogP contribution in [0, 0.1) is 5.41 Å². The van der Waals surface area contributed by atoms with Gasteiger partial charge in [0.2, 0.25) is 12.0 Å². The molecule has 16 heavy (non-hydrogen) atoms. The Labute approximate surface area is 93.4 Å². The first-order valence-corrected chi connectivity index (χ1v) is 5.06. The zero-order valence-corrected chi connectivity index (χ0v) is 9.20. The van der Waals surface area contributed by atoms with Crippen molar-refractivity contribution in [3.8, 4) is 0 Å². The lowest BCUT2D eigenvalue weighted by atomic mass is 9.81. The van der Waals surface area contributed by atoms with E-state index in [4.69, 9.17) is 0 Å². The number of fused-ring (bicyclic) bond motifs is 1. The highest BCUT2D eigenvalue weighted by molar-refractivity contribution is 5.99. The van der Waals surface area contributed by atoms with Gasteiger partial charge in [0.25, 0.3) is 0 Å². The number of nitrogens with zero attached hydrogens (tertiary/aromatic N) is 1. The SMILES string of the molecule is CC1(C)Cc2c(N=C=O)cccc2NC1=O. The lowest BCUT2D eigenvalue weighted by Crippen LogP contribution is -2.37. The van der Waals surface area contributed by atoms with Crippen molar-refractivity contribution in [2.24, 2.45) is 10.4 Å². The largest absolute Gasteiger partial charge is 0.325 e. The van der Waals surface area contributed by atoms with Crippen LogP contribution in [0.4, 0.5) is 11.4 Å². The predicted octanol–water partition coefficient (Wildman–Crippen LogP) is 2.17. The second-order valence-electron chi connectivity index (χ2n) is 4.52. The van der Waals surface area contributed by atoms with Crippen LogP contribution >= 0.6 is 0 Å². The van der Waals surface area contributed by atoms with Gasteiger partial charge < -0.3 is 5.32 Å². The van der Waals surface area contributed by atoms with Crippen LogP contribution in [0.5, 0.6) is 0 Å². The smallest absolute Gasteiger partial charge is 0.240 e. The molecule has 0 spiro atoms. The molecule has 0 radical (unpaired) electrons. The van der Waals surface area contributed by atoms with Gasteiger partial charge in [-0.05, 0) is 18.6 Å². The number of nitrogens with one attached hydrogen (secondary N) is 1. The fraction of sp³-hybridized carbons (Fsp3) is 0.333. The maximum Gasteiger partial charge on any atom is 0.240 e. The average Bonchev–Trinajstić information content (AvgIpc) is 2.21. The molecule has 0 fully saturated rings. The number of anilines is 1. The first-order valence-electron chi connectivity index (χ1n) is 5.06. The zero-order chi connectivity index (χ0) is 11.8. The molecule has 0 aromatic heterocycles. The summed E-state index contributed by atoms with van der Waals surface area (Å²) in [6.07, 6.45) is 2.11. The van der Waals surface area contributed by atoms with Crippen molar-refractivity contribution in [2.45, 2.75) is 20.3 Å². The molecule has 0 saturated carbocycles. The molecule has 0 unspecified atom stereocenters. The van der Waals surface area contributed by atoms with E-state index < -0.39 is 5.41 Å². The van der Waals surface area contributed by atoms with Gasteiger partial charge >= 0.3 is 0 Å². The third kappa shape index (κ3) is 1.64. The van der Waals surface area contributed by atoms with E-state index in [0.717, 1.165) is 11.3 Å². The molecule has 1 aromatic rings. The van der Waals surface area contributed by atoms with E-state index in [0.29, 0.717) is 12.1 Å². The summed E-state index contributed by atoms with van der Waals surface area (Å²) in [6.45, 7) is 3.74. The van der Waals surface area contributed by atoms with Crippen molar-refractivity contribution in [1.82, 2.24) is 0 Å². The maximum atomic E-state index is 11.7. The van der Waals surface area contributed by atoms with Crippen molar-refractivity contribution in [1.29, 1.82) is 0 Å². The number of isocyanates is 1. The number of carbonyl (C=O) groups excluding carboxylic acids is 2. The van der Waals surface area contributed by atoms with E-state index in [-0.39, 0.29) is 5.91 Å². The molecule has 0 aliphatic carbocycles. The number of hydrogen-bond acceptors (Lipinski definition) is 3. The highest BCUT2D eigenvalue weighted by atomic mass is 16.2. The van der Waals surface area contributed by atoms with E-state index >= 15 is 0 Å². The van der Waals surface area contributed by atoms with E-state index in [2.05, 4.69) is 10.3 Å². The Morgan fingerprint density at radius 3 is 2.88 bits per heavy atom. The van der Waals surface area contributed by atoms with Gasteiger partial charge in [-0.15, -0.1) is 0 Å². The van der Waals surface area contributed by atoms with Gasteiger partial charge in [-0.1, -0.05) is 19.9 Å². The molecule has 1 aliphatic heterocycles. The number of carbonyl (C=O) groups is 1. The number of benzene rings is 1. The van der Waals surface area contributed by atoms with Crippen molar-refractivity contribution in [2.75, 3.05) is 5.32 Å². The number of amides is 1. The summed E-state index contributed by atoms with van der Waals surface area (Å²) in [5.41, 5.74) is 1.75. The summed E-state index contributed by atoms with van der Waals surface area (Å²) in [5, 5.41) is 2.82. The minimum Gasteiger partial charge on any atom is -0.325 e. The van der Waals surface area contributed by atoms with Gasteiger partial charge in [-0.2, -0.15) is 4.99 Å². The van der Waals surface area contributed by atoms with Crippen LogP contribution in [0.2, 0.25) is 0 Å². The molecular formula is C12H12N2O2. The first kappa shape index (κ1) is 10.6. The Morgan fingerprint density at radius 2 is 2.19 bits per heavy atom. The third-order valence-corrected chi connectivity index (χ3v) is 2.80. The summed E-state index contributed by atoms with van der Waals surface area (Å²) >= 11 is 0. The van der Waals surface area contributed by atoms with Gasteiger partial charge in [0, 0.05) is 16.7 Å². The van der Waals surface area contributed by atoms with E-state index in [1.807, 2.05) is 19.9 Å². The van der Waals surface area contributed by atoms with Crippen molar-refractivity contribution in [3.05, 3.63) is 23.8 Å². The molecule has 1 amide bonds. The molecule has 1 aliphatic rings.